The Balaban J connectivity index is 2.35. The predicted octanol–water partition coefficient (Wildman–Crippen LogP) is 0.173. The highest BCUT2D eigenvalue weighted by atomic mass is 16.3. The van der Waals surface area contributed by atoms with Crippen LogP contribution in [0.3, 0.4) is 0 Å². The second-order valence-electron chi connectivity index (χ2n) is 3.08. The van der Waals surface area contributed by atoms with E-state index in [2.05, 4.69) is 5.32 Å². The number of rotatable bonds is 1. The van der Waals surface area contributed by atoms with E-state index in [1.54, 1.807) is 4.90 Å². The Morgan fingerprint density at radius 1 is 1.75 bits per heavy atom. The molecule has 70 valence electrons. The van der Waals surface area contributed by atoms with Crippen LogP contribution in [0.25, 0.3) is 0 Å². The van der Waals surface area contributed by atoms with Gasteiger partial charge in [0.2, 0.25) is 0 Å². The third kappa shape index (κ3) is 2.37. The average Bonchev–Trinajstić information content (AvgIpc) is 2.05. The van der Waals surface area contributed by atoms with Crippen LogP contribution in [0.15, 0.2) is 0 Å². The quantitative estimate of drug-likeness (QED) is 0.592. The largest absolute Gasteiger partial charge is 0.391 e. The van der Waals surface area contributed by atoms with Crippen molar-refractivity contribution in [2.75, 3.05) is 19.6 Å². The minimum Gasteiger partial charge on any atom is -0.391 e. The zero-order valence-electron chi connectivity index (χ0n) is 7.42. The smallest absolute Gasteiger partial charge is 0.317 e. The van der Waals surface area contributed by atoms with Crippen LogP contribution in [0.1, 0.15) is 19.8 Å². The summed E-state index contributed by atoms with van der Waals surface area (Å²) in [7, 11) is 0. The van der Waals surface area contributed by atoms with Crippen LogP contribution >= 0.6 is 0 Å². The van der Waals surface area contributed by atoms with E-state index in [0.29, 0.717) is 13.1 Å². The molecule has 1 heterocycles. The summed E-state index contributed by atoms with van der Waals surface area (Å²) >= 11 is 0. The predicted molar refractivity (Wildman–Crippen MR) is 45.9 cm³/mol. The fraction of sp³-hybridized carbons (Fsp3) is 0.875. The second-order valence-corrected chi connectivity index (χ2v) is 3.08. The van der Waals surface area contributed by atoms with E-state index in [1.807, 2.05) is 6.92 Å². The van der Waals surface area contributed by atoms with E-state index >= 15 is 0 Å². The molecule has 12 heavy (non-hydrogen) atoms. The molecule has 0 aliphatic carbocycles. The van der Waals surface area contributed by atoms with Crippen molar-refractivity contribution >= 4 is 6.03 Å². The molecule has 0 saturated carbocycles. The van der Waals surface area contributed by atoms with Gasteiger partial charge in [-0.2, -0.15) is 0 Å². The number of hydrogen-bond donors (Lipinski definition) is 2. The normalized spacial score (nSPS) is 23.8. The molecule has 0 aromatic carbocycles. The first-order valence-corrected chi connectivity index (χ1v) is 4.45. The van der Waals surface area contributed by atoms with Gasteiger partial charge < -0.3 is 15.3 Å². The summed E-state index contributed by atoms with van der Waals surface area (Å²) in [5.41, 5.74) is 0. The summed E-state index contributed by atoms with van der Waals surface area (Å²) in [6.45, 7) is 3.78. The molecule has 1 atom stereocenters. The summed E-state index contributed by atoms with van der Waals surface area (Å²) in [5.74, 6) is 0. The van der Waals surface area contributed by atoms with Crippen molar-refractivity contribution in [2.24, 2.45) is 0 Å². The van der Waals surface area contributed by atoms with Crippen LogP contribution in [0, 0.1) is 0 Å². The summed E-state index contributed by atoms with van der Waals surface area (Å²) in [5, 5.41) is 12.0. The number of carbonyl (C=O) groups is 1. The molecule has 0 unspecified atom stereocenters. The lowest BCUT2D eigenvalue weighted by molar-refractivity contribution is 0.0844. The first-order chi connectivity index (χ1) is 5.74. The van der Waals surface area contributed by atoms with Gasteiger partial charge in [0, 0.05) is 19.6 Å². The van der Waals surface area contributed by atoms with Crippen LogP contribution in [-0.4, -0.2) is 41.8 Å². The SMILES string of the molecule is CCNC(=O)N1CCC[C@H](O)C1. The molecule has 0 bridgehead atoms. The molecule has 2 N–H and O–H groups in total. The van der Waals surface area contributed by atoms with Crippen LogP contribution in [0.5, 0.6) is 0 Å². The highest BCUT2D eigenvalue weighted by Crippen LogP contribution is 2.09. The van der Waals surface area contributed by atoms with Gasteiger partial charge in [0.05, 0.1) is 6.10 Å². The van der Waals surface area contributed by atoms with Gasteiger partial charge in [0.15, 0.2) is 0 Å². The van der Waals surface area contributed by atoms with Crippen molar-refractivity contribution < 1.29 is 9.90 Å². The Morgan fingerprint density at radius 3 is 3.08 bits per heavy atom. The van der Waals surface area contributed by atoms with E-state index in [1.165, 1.54) is 0 Å². The molecule has 0 aromatic rings. The Bertz CT molecular complexity index is 161. The Kier molecular flexibility index (Phi) is 3.34. The van der Waals surface area contributed by atoms with Gasteiger partial charge in [-0.15, -0.1) is 0 Å². The summed E-state index contributed by atoms with van der Waals surface area (Å²) in [4.78, 5) is 12.9. The molecule has 1 saturated heterocycles. The van der Waals surface area contributed by atoms with Crippen LogP contribution in [0.2, 0.25) is 0 Å². The number of aliphatic hydroxyl groups is 1. The number of urea groups is 1. The molecule has 1 aliphatic rings. The van der Waals surface area contributed by atoms with Crippen molar-refractivity contribution in [3.05, 3.63) is 0 Å². The van der Waals surface area contributed by atoms with Gasteiger partial charge >= 0.3 is 6.03 Å². The molecular weight excluding hydrogens is 156 g/mol. The maximum Gasteiger partial charge on any atom is 0.317 e. The van der Waals surface area contributed by atoms with Crippen LogP contribution < -0.4 is 5.32 Å². The van der Waals surface area contributed by atoms with Crippen LogP contribution in [-0.2, 0) is 0 Å². The van der Waals surface area contributed by atoms with Crippen molar-refractivity contribution in [3.8, 4) is 0 Å². The molecule has 4 heteroatoms. The van der Waals surface area contributed by atoms with Gasteiger partial charge in [0.1, 0.15) is 0 Å². The topological polar surface area (TPSA) is 52.6 Å². The minimum atomic E-state index is -0.332. The van der Waals surface area contributed by atoms with Crippen molar-refractivity contribution in [3.63, 3.8) is 0 Å². The third-order valence-electron chi connectivity index (χ3n) is 2.01. The maximum atomic E-state index is 11.2. The van der Waals surface area contributed by atoms with Gasteiger partial charge in [-0.25, -0.2) is 4.79 Å². The van der Waals surface area contributed by atoms with Crippen molar-refractivity contribution in [1.29, 1.82) is 0 Å². The van der Waals surface area contributed by atoms with Gasteiger partial charge in [0.25, 0.3) is 0 Å². The first kappa shape index (κ1) is 9.32. The Morgan fingerprint density at radius 2 is 2.50 bits per heavy atom. The molecule has 2 amide bonds. The number of nitrogens with one attached hydrogen (secondary N) is 1. The van der Waals surface area contributed by atoms with E-state index in [-0.39, 0.29) is 12.1 Å². The third-order valence-corrected chi connectivity index (χ3v) is 2.01. The van der Waals surface area contributed by atoms with E-state index in [9.17, 15) is 9.90 Å². The summed E-state index contributed by atoms with van der Waals surface area (Å²) in [6, 6.07) is -0.0590. The lowest BCUT2D eigenvalue weighted by atomic mass is 10.1. The van der Waals surface area contributed by atoms with Gasteiger partial charge in [-0.05, 0) is 19.8 Å². The number of amides is 2. The number of nitrogens with zero attached hydrogens (tertiary/aromatic N) is 1. The highest BCUT2D eigenvalue weighted by Gasteiger charge is 2.20. The van der Waals surface area contributed by atoms with E-state index < -0.39 is 0 Å². The molecule has 1 fully saturated rings. The Hall–Kier alpha value is -0.770. The molecule has 1 rings (SSSR count). The van der Waals surface area contributed by atoms with Gasteiger partial charge in [-0.1, -0.05) is 0 Å². The maximum absolute atomic E-state index is 11.2. The monoisotopic (exact) mass is 172 g/mol. The fourth-order valence-electron chi connectivity index (χ4n) is 1.40. The summed E-state index contributed by atoms with van der Waals surface area (Å²) in [6.07, 6.45) is 1.38. The highest BCUT2D eigenvalue weighted by molar-refractivity contribution is 5.74. The van der Waals surface area contributed by atoms with E-state index in [4.69, 9.17) is 0 Å². The van der Waals surface area contributed by atoms with Crippen LogP contribution in [0.4, 0.5) is 4.79 Å². The number of piperidine rings is 1. The minimum absolute atomic E-state index is 0.0590. The second kappa shape index (κ2) is 4.30. The lowest BCUT2D eigenvalue weighted by Crippen LogP contribution is -2.46. The lowest BCUT2D eigenvalue weighted by Gasteiger charge is -2.29. The first-order valence-electron chi connectivity index (χ1n) is 4.45. The number of aliphatic hydroxyl groups excluding tert-OH is 1. The van der Waals surface area contributed by atoms with E-state index in [0.717, 1.165) is 19.4 Å². The zero-order chi connectivity index (χ0) is 8.97. The summed E-state index contributed by atoms with van der Waals surface area (Å²) < 4.78 is 0. The molecule has 0 radical (unpaired) electrons. The molecular formula is C8H16N2O2. The molecule has 1 aliphatic heterocycles. The molecule has 0 aromatic heterocycles. The Labute approximate surface area is 72.6 Å². The van der Waals surface area contributed by atoms with Crippen molar-refractivity contribution in [1.82, 2.24) is 10.2 Å². The molecule has 4 nitrogen and oxygen atoms in total. The zero-order valence-corrected chi connectivity index (χ0v) is 7.42. The number of carbonyl (C=O) groups excluding carboxylic acids is 1. The number of β-amino-alcohol motifs (C(OH)–C–C–N with tert-alkyl or cyclic N) is 1. The number of hydrogen-bond acceptors (Lipinski definition) is 2. The van der Waals surface area contributed by atoms with Crippen molar-refractivity contribution in [2.45, 2.75) is 25.9 Å². The standard InChI is InChI=1S/C8H16N2O2/c1-2-9-8(12)10-5-3-4-7(11)6-10/h7,11H,2-6H2,1H3,(H,9,12)/t7-/m0/s1. The van der Waals surface area contributed by atoms with Gasteiger partial charge in [-0.3, -0.25) is 0 Å². The average molecular weight is 172 g/mol. The fourth-order valence-corrected chi connectivity index (χ4v) is 1.40. The number of likely N-dealkylation sites (tertiary alicyclic amines) is 1. The molecule has 0 spiro atoms.